The molecule has 1 unspecified atom stereocenters. The van der Waals surface area contributed by atoms with Gasteiger partial charge < -0.3 is 0 Å². The van der Waals surface area contributed by atoms with Gasteiger partial charge in [-0.25, -0.2) is 0 Å². The molecule has 47 valence electrons. The summed E-state index contributed by atoms with van der Waals surface area (Å²) in [5.74, 6) is 0. The molecule has 0 spiro atoms. The topological polar surface area (TPSA) is 12.9 Å². The molecule has 0 fully saturated rings. The van der Waals surface area contributed by atoms with Crippen molar-refractivity contribution in [3.63, 3.8) is 0 Å². The second kappa shape index (κ2) is 3.37. The molecule has 0 N–H and O–H groups in total. The van der Waals surface area contributed by atoms with Crippen molar-refractivity contribution in [1.29, 1.82) is 0 Å². The number of hydrogen-bond donors (Lipinski definition) is 0. The molecule has 0 aliphatic rings. The Hall–Kier alpha value is 0.320. The summed E-state index contributed by atoms with van der Waals surface area (Å²) in [5, 5.41) is 0. The van der Waals surface area contributed by atoms with E-state index in [1.165, 1.54) is 3.91 Å². The fourth-order valence-electron chi connectivity index (χ4n) is 0.380. The van der Waals surface area contributed by atoms with E-state index in [0.29, 0.717) is 0 Å². The van der Waals surface area contributed by atoms with Crippen LogP contribution in [-0.2, 0) is 19.2 Å². The first-order valence-corrected chi connectivity index (χ1v) is 7.28. The molecule has 1 aromatic heterocycles. The summed E-state index contributed by atoms with van der Waals surface area (Å²) in [4.78, 5) is 4.12. The van der Waals surface area contributed by atoms with E-state index in [4.69, 9.17) is 0 Å². The Morgan fingerprint density at radius 3 is 2.75 bits per heavy atom. The summed E-state index contributed by atoms with van der Waals surface area (Å²) in [6.07, 6.45) is 1.83. The molecule has 1 atom stereocenters. The summed E-state index contributed by atoms with van der Waals surface area (Å²) in [6, 6.07) is 6.00. The second-order valence-corrected chi connectivity index (χ2v) is 4.36. The SMILES string of the molecule is [PH2][Au][c]1ccccn1. The molecule has 3 heteroatoms. The molecule has 0 radical (unpaired) electrons. The van der Waals surface area contributed by atoms with Crippen LogP contribution < -0.4 is 3.91 Å². The molecule has 0 bridgehead atoms. The number of nitrogens with zero attached hydrogens (tertiary/aromatic N) is 1. The third-order valence-corrected chi connectivity index (χ3v) is 3.44. The average molecular weight is 308 g/mol. The van der Waals surface area contributed by atoms with Crippen LogP contribution in [0.25, 0.3) is 0 Å². The van der Waals surface area contributed by atoms with Gasteiger partial charge in [0, 0.05) is 0 Å². The van der Waals surface area contributed by atoms with Gasteiger partial charge in [0.25, 0.3) is 0 Å². The van der Waals surface area contributed by atoms with E-state index < -0.39 is 0 Å². The van der Waals surface area contributed by atoms with Crippen molar-refractivity contribution in [1.82, 2.24) is 4.98 Å². The van der Waals surface area contributed by atoms with Crippen molar-refractivity contribution in [2.45, 2.75) is 0 Å². The van der Waals surface area contributed by atoms with E-state index in [-0.39, 0.29) is 19.2 Å². The maximum atomic E-state index is 4.12. The van der Waals surface area contributed by atoms with Crippen molar-refractivity contribution in [2.75, 3.05) is 0 Å². The quantitative estimate of drug-likeness (QED) is 0.546. The van der Waals surface area contributed by atoms with Gasteiger partial charge in [-0.05, 0) is 0 Å². The third-order valence-electron chi connectivity index (χ3n) is 0.695. The zero-order valence-electron chi connectivity index (χ0n) is 4.14. The molecule has 0 saturated heterocycles. The van der Waals surface area contributed by atoms with Crippen LogP contribution in [0.15, 0.2) is 24.4 Å². The molecular weight excluding hydrogens is 302 g/mol. The van der Waals surface area contributed by atoms with E-state index in [0.717, 1.165) is 0 Å². The summed E-state index contributed by atoms with van der Waals surface area (Å²) >= 11 is 0.211. The zero-order valence-corrected chi connectivity index (χ0v) is 7.46. The van der Waals surface area contributed by atoms with Gasteiger partial charge in [0.2, 0.25) is 0 Å². The Bertz CT molecular complexity index is 154. The van der Waals surface area contributed by atoms with E-state index in [9.17, 15) is 0 Å². The van der Waals surface area contributed by atoms with Crippen molar-refractivity contribution >= 4 is 11.0 Å². The fourth-order valence-corrected chi connectivity index (χ4v) is 1.96. The molecule has 1 rings (SSSR count). The fraction of sp³-hybridized carbons (Fsp3) is 0. The van der Waals surface area contributed by atoms with Crippen LogP contribution in [0.4, 0.5) is 0 Å². The Labute approximate surface area is 59.8 Å². The van der Waals surface area contributed by atoms with Crippen LogP contribution in [-0.4, -0.2) is 4.98 Å². The predicted molar refractivity (Wildman–Crippen MR) is 33.6 cm³/mol. The van der Waals surface area contributed by atoms with Gasteiger partial charge in [0.15, 0.2) is 0 Å². The standard InChI is InChI=1S/C5H4N.Au.H2P/c1-2-4-6-5-3-1;;/h1-4H;;1H2/q;+1;-1. The molecule has 1 heterocycles. The number of rotatable bonds is 1. The first kappa shape index (κ1) is 6.44. The van der Waals surface area contributed by atoms with Crippen molar-refractivity contribution < 1.29 is 19.2 Å². The summed E-state index contributed by atoms with van der Waals surface area (Å²) < 4.78 is 1.22. The van der Waals surface area contributed by atoms with Crippen LogP contribution in [0.1, 0.15) is 0 Å². The molecule has 0 aliphatic heterocycles. The Kier molecular flexibility index (Phi) is 2.71. The molecular formula is C5H6AuNP. The monoisotopic (exact) mass is 308 g/mol. The van der Waals surface area contributed by atoms with E-state index >= 15 is 0 Å². The molecule has 0 aliphatic carbocycles. The van der Waals surface area contributed by atoms with E-state index in [1.807, 2.05) is 18.3 Å². The van der Waals surface area contributed by atoms with Crippen LogP contribution in [0.2, 0.25) is 0 Å². The van der Waals surface area contributed by atoms with Crippen molar-refractivity contribution in [3.8, 4) is 0 Å². The molecule has 0 saturated carbocycles. The van der Waals surface area contributed by atoms with Gasteiger partial charge >= 0.3 is 59.6 Å². The Morgan fingerprint density at radius 2 is 2.38 bits per heavy atom. The summed E-state index contributed by atoms with van der Waals surface area (Å²) in [6.45, 7) is 0. The van der Waals surface area contributed by atoms with E-state index in [1.54, 1.807) is 0 Å². The van der Waals surface area contributed by atoms with E-state index in [2.05, 4.69) is 18.2 Å². The van der Waals surface area contributed by atoms with Crippen LogP contribution in [0.5, 0.6) is 0 Å². The normalized spacial score (nSPS) is 9.62. The van der Waals surface area contributed by atoms with Gasteiger partial charge in [0.05, 0.1) is 0 Å². The van der Waals surface area contributed by atoms with Gasteiger partial charge in [0.1, 0.15) is 0 Å². The molecule has 1 aromatic rings. The van der Waals surface area contributed by atoms with Crippen LogP contribution in [0, 0.1) is 0 Å². The first-order valence-electron chi connectivity index (χ1n) is 2.10. The molecule has 1 nitrogen and oxygen atoms in total. The third kappa shape index (κ3) is 1.68. The van der Waals surface area contributed by atoms with Crippen molar-refractivity contribution in [2.24, 2.45) is 0 Å². The summed E-state index contributed by atoms with van der Waals surface area (Å²) in [7, 11) is 2.73. The minimum atomic E-state index is 0.211. The second-order valence-electron chi connectivity index (χ2n) is 1.20. The van der Waals surface area contributed by atoms with Gasteiger partial charge in [-0.1, -0.05) is 0 Å². The molecule has 0 aromatic carbocycles. The zero-order chi connectivity index (χ0) is 5.82. The molecule has 0 amide bonds. The average Bonchev–Trinajstić information content (AvgIpc) is 1.90. The predicted octanol–water partition coefficient (Wildman–Crippen LogP) is 0.580. The van der Waals surface area contributed by atoms with Gasteiger partial charge in [-0.2, -0.15) is 0 Å². The van der Waals surface area contributed by atoms with Gasteiger partial charge in [-0.15, -0.1) is 0 Å². The van der Waals surface area contributed by atoms with Crippen molar-refractivity contribution in [3.05, 3.63) is 24.4 Å². The maximum absolute atomic E-state index is 4.12. The Balaban J connectivity index is 2.83. The van der Waals surface area contributed by atoms with Crippen LogP contribution >= 0.6 is 7.13 Å². The van der Waals surface area contributed by atoms with Gasteiger partial charge in [-0.3, -0.25) is 0 Å². The minimum absolute atomic E-state index is 0.211. The number of aromatic nitrogens is 1. The summed E-state index contributed by atoms with van der Waals surface area (Å²) in [5.41, 5.74) is 0. The number of hydrogen-bond acceptors (Lipinski definition) is 1. The first-order chi connectivity index (χ1) is 3.93. The molecule has 8 heavy (non-hydrogen) atoms. The Morgan fingerprint density at radius 1 is 1.50 bits per heavy atom. The van der Waals surface area contributed by atoms with Crippen LogP contribution in [0.3, 0.4) is 0 Å². The number of pyridine rings is 1.